The van der Waals surface area contributed by atoms with Crippen molar-refractivity contribution in [2.75, 3.05) is 10.5 Å². The molecule has 1 aromatic heterocycles. The molecule has 0 aliphatic carbocycles. The molecule has 1 aliphatic heterocycles. The molecule has 0 radical (unpaired) electrons. The molecule has 1 unspecified atom stereocenters. The van der Waals surface area contributed by atoms with Crippen LogP contribution in [0.25, 0.3) is 0 Å². The number of amides is 1. The van der Waals surface area contributed by atoms with Crippen LogP contribution in [0.1, 0.15) is 35.0 Å². The van der Waals surface area contributed by atoms with Gasteiger partial charge in [0.2, 0.25) is 10.0 Å². The molecule has 10 heteroatoms. The van der Waals surface area contributed by atoms with Gasteiger partial charge in [-0.05, 0) is 55.3 Å². The van der Waals surface area contributed by atoms with Crippen LogP contribution >= 0.6 is 11.6 Å². The molecule has 3 aromatic rings. The molecule has 0 spiro atoms. The Labute approximate surface area is 195 Å². The Morgan fingerprint density at radius 3 is 2.61 bits per heavy atom. The number of carbonyl (C=O) groups is 1. The summed E-state index contributed by atoms with van der Waals surface area (Å²) in [4.78, 5) is 13.0. The van der Waals surface area contributed by atoms with E-state index < -0.39 is 27.8 Å². The summed E-state index contributed by atoms with van der Waals surface area (Å²) in [6, 6.07) is 13.8. The quantitative estimate of drug-likeness (QED) is 0.521. The number of anilines is 1. The Bertz CT molecular complexity index is 1270. The van der Waals surface area contributed by atoms with E-state index in [0.29, 0.717) is 28.9 Å². The topological polar surface area (TPSA) is 92.0 Å². The van der Waals surface area contributed by atoms with Crippen LogP contribution in [0, 0.1) is 5.82 Å². The van der Waals surface area contributed by atoms with Gasteiger partial charge < -0.3 is 4.42 Å². The van der Waals surface area contributed by atoms with Crippen molar-refractivity contribution in [3.05, 3.63) is 88.6 Å². The third kappa shape index (κ3) is 5.09. The summed E-state index contributed by atoms with van der Waals surface area (Å²) in [6.07, 6.45) is 1.92. The lowest BCUT2D eigenvalue weighted by Crippen LogP contribution is -2.34. The average molecular weight is 490 g/mol. The third-order valence-corrected chi connectivity index (χ3v) is 6.98. The fourth-order valence-electron chi connectivity index (χ4n) is 3.57. The number of hydrogen-bond acceptors (Lipinski definition) is 5. The highest BCUT2D eigenvalue weighted by Crippen LogP contribution is 2.29. The summed E-state index contributed by atoms with van der Waals surface area (Å²) in [5, 5.41) is 6.08. The minimum absolute atomic E-state index is 0.0361. The highest BCUT2D eigenvalue weighted by molar-refractivity contribution is 7.92. The second-order valence-electron chi connectivity index (χ2n) is 7.52. The van der Waals surface area contributed by atoms with Crippen molar-refractivity contribution in [1.82, 2.24) is 5.01 Å². The van der Waals surface area contributed by atoms with E-state index in [1.165, 1.54) is 29.5 Å². The van der Waals surface area contributed by atoms with E-state index in [9.17, 15) is 17.6 Å². The lowest BCUT2D eigenvalue weighted by atomic mass is 9.98. The first-order valence-corrected chi connectivity index (χ1v) is 12.3. The standard InChI is InChI=1S/C23H21ClFN3O4S/c1-2-33(30,31)27-16-10-8-15(9-11-16)21-14-17(13-18-19(24)5-3-6-20(18)25)28(26-21)23(29)22-7-4-12-32-22/h3-12,17,27H,2,13-14H2,1H3. The molecule has 0 saturated heterocycles. The van der Waals surface area contributed by atoms with E-state index in [0.717, 1.165) is 0 Å². The monoisotopic (exact) mass is 489 g/mol. The van der Waals surface area contributed by atoms with Crippen LogP contribution in [0.2, 0.25) is 5.02 Å². The van der Waals surface area contributed by atoms with Gasteiger partial charge in [-0.15, -0.1) is 0 Å². The van der Waals surface area contributed by atoms with Gasteiger partial charge in [0.05, 0.1) is 23.8 Å². The van der Waals surface area contributed by atoms with Crippen LogP contribution in [0.3, 0.4) is 0 Å². The molecule has 7 nitrogen and oxygen atoms in total. The molecule has 1 atom stereocenters. The van der Waals surface area contributed by atoms with E-state index in [1.54, 1.807) is 43.3 Å². The van der Waals surface area contributed by atoms with E-state index in [4.69, 9.17) is 16.0 Å². The molecule has 0 bridgehead atoms. The molecule has 33 heavy (non-hydrogen) atoms. The number of halogens is 2. The number of rotatable bonds is 7. The average Bonchev–Trinajstić information content (AvgIpc) is 3.47. The van der Waals surface area contributed by atoms with Crippen molar-refractivity contribution in [2.24, 2.45) is 5.10 Å². The molecule has 0 saturated carbocycles. The van der Waals surface area contributed by atoms with Crippen LogP contribution in [0.4, 0.5) is 10.1 Å². The van der Waals surface area contributed by atoms with Crippen molar-refractivity contribution in [3.8, 4) is 0 Å². The largest absolute Gasteiger partial charge is 0.459 e. The first-order chi connectivity index (χ1) is 15.8. The molecule has 172 valence electrons. The van der Waals surface area contributed by atoms with Gasteiger partial charge in [-0.25, -0.2) is 17.8 Å². The molecular formula is C23H21ClFN3O4S. The minimum atomic E-state index is -3.39. The highest BCUT2D eigenvalue weighted by atomic mass is 35.5. The number of hydrazone groups is 1. The van der Waals surface area contributed by atoms with Crippen molar-refractivity contribution in [1.29, 1.82) is 0 Å². The predicted octanol–water partition coefficient (Wildman–Crippen LogP) is 4.70. The summed E-state index contributed by atoms with van der Waals surface area (Å²) in [7, 11) is -3.39. The first kappa shape index (κ1) is 23.0. The second-order valence-corrected chi connectivity index (χ2v) is 9.94. The lowest BCUT2D eigenvalue weighted by molar-refractivity contribution is 0.0679. The zero-order valence-electron chi connectivity index (χ0n) is 17.7. The Morgan fingerprint density at radius 1 is 1.21 bits per heavy atom. The summed E-state index contributed by atoms with van der Waals surface area (Å²) in [5.41, 5.74) is 2.06. The zero-order valence-corrected chi connectivity index (χ0v) is 19.2. The number of furan rings is 1. The molecule has 4 rings (SSSR count). The Balaban J connectivity index is 1.62. The number of benzene rings is 2. The fraction of sp³-hybridized carbons (Fsp3) is 0.217. The summed E-state index contributed by atoms with van der Waals surface area (Å²) >= 11 is 6.21. The molecule has 1 aliphatic rings. The molecule has 1 amide bonds. The lowest BCUT2D eigenvalue weighted by Gasteiger charge is -2.21. The van der Waals surface area contributed by atoms with E-state index in [-0.39, 0.29) is 23.0 Å². The maximum Gasteiger partial charge on any atom is 0.309 e. The van der Waals surface area contributed by atoms with E-state index in [2.05, 4.69) is 9.82 Å². The van der Waals surface area contributed by atoms with Crippen LogP contribution in [0.5, 0.6) is 0 Å². The first-order valence-electron chi connectivity index (χ1n) is 10.3. The second kappa shape index (κ2) is 9.36. The Morgan fingerprint density at radius 2 is 1.97 bits per heavy atom. The summed E-state index contributed by atoms with van der Waals surface area (Å²) in [6.45, 7) is 1.55. The predicted molar refractivity (Wildman–Crippen MR) is 124 cm³/mol. The molecule has 1 N–H and O–H groups in total. The molecular weight excluding hydrogens is 469 g/mol. The van der Waals surface area contributed by atoms with E-state index in [1.807, 2.05) is 0 Å². The van der Waals surface area contributed by atoms with Crippen molar-refractivity contribution in [2.45, 2.75) is 25.8 Å². The van der Waals surface area contributed by atoms with Crippen molar-refractivity contribution < 1.29 is 22.0 Å². The molecule has 2 aromatic carbocycles. The maximum absolute atomic E-state index is 14.4. The van der Waals surface area contributed by atoms with Gasteiger partial charge in [-0.2, -0.15) is 5.10 Å². The maximum atomic E-state index is 14.4. The summed E-state index contributed by atoms with van der Waals surface area (Å²) in [5.74, 6) is -0.811. The summed E-state index contributed by atoms with van der Waals surface area (Å²) < 4.78 is 45.7. The normalized spacial score (nSPS) is 16.0. The number of nitrogens with zero attached hydrogens (tertiary/aromatic N) is 2. The minimum Gasteiger partial charge on any atom is -0.459 e. The van der Waals surface area contributed by atoms with Crippen molar-refractivity contribution >= 4 is 38.9 Å². The Kier molecular flexibility index (Phi) is 6.53. The number of carbonyl (C=O) groups excluding carboxylic acids is 1. The van der Waals surface area contributed by atoms with Gasteiger partial charge in [-0.1, -0.05) is 29.8 Å². The van der Waals surface area contributed by atoms with Crippen molar-refractivity contribution in [3.63, 3.8) is 0 Å². The van der Waals surface area contributed by atoms with Crippen LogP contribution in [0.15, 0.2) is 70.4 Å². The van der Waals surface area contributed by atoms with Crippen LogP contribution < -0.4 is 4.72 Å². The number of hydrogen-bond donors (Lipinski definition) is 1. The Hall–Kier alpha value is -3.17. The van der Waals surface area contributed by atoms with Gasteiger partial charge >= 0.3 is 5.91 Å². The molecule has 2 heterocycles. The third-order valence-electron chi connectivity index (χ3n) is 5.32. The SMILES string of the molecule is CCS(=O)(=O)Nc1ccc(C2=NN(C(=O)c3ccco3)C(Cc3c(F)cccc3Cl)C2)cc1. The number of nitrogens with one attached hydrogen (secondary N) is 1. The van der Waals surface area contributed by atoms with Gasteiger partial charge in [0.15, 0.2) is 5.76 Å². The molecule has 0 fully saturated rings. The smallest absolute Gasteiger partial charge is 0.309 e. The highest BCUT2D eigenvalue weighted by Gasteiger charge is 2.34. The van der Waals surface area contributed by atoms with Gasteiger partial charge in [0.1, 0.15) is 5.82 Å². The van der Waals surface area contributed by atoms with Gasteiger partial charge in [0.25, 0.3) is 0 Å². The van der Waals surface area contributed by atoms with Gasteiger partial charge in [0, 0.05) is 22.7 Å². The van der Waals surface area contributed by atoms with Crippen LogP contribution in [-0.4, -0.2) is 36.8 Å². The zero-order chi connectivity index (χ0) is 23.6. The van der Waals surface area contributed by atoms with Gasteiger partial charge in [-0.3, -0.25) is 9.52 Å². The number of sulfonamides is 1. The van der Waals surface area contributed by atoms with E-state index >= 15 is 0 Å². The fourth-order valence-corrected chi connectivity index (χ4v) is 4.45. The van der Waals surface area contributed by atoms with Crippen LogP contribution in [-0.2, 0) is 16.4 Å².